The molecule has 0 spiro atoms. The van der Waals surface area contributed by atoms with Gasteiger partial charge in [-0.2, -0.15) is 0 Å². The van der Waals surface area contributed by atoms with Crippen LogP contribution in [0, 0.1) is 6.92 Å². The standard InChI is InChI=1S/C18H28N4O3/c1-3-19-18(22-14-11-13-5-6-15(14)25-13)21-9-4-8-20-17(23)16-12(2)7-10-24-16/h7,10,13-15H,3-6,8-9,11H2,1-2H3,(H,20,23)(H2,19,21,22). The second-order valence-corrected chi connectivity index (χ2v) is 6.66. The third-order valence-corrected chi connectivity index (χ3v) is 4.73. The van der Waals surface area contributed by atoms with Crippen molar-refractivity contribution in [3.8, 4) is 0 Å². The Hall–Kier alpha value is -2.02. The van der Waals surface area contributed by atoms with Crippen LogP contribution in [0.25, 0.3) is 0 Å². The Balaban J connectivity index is 1.39. The van der Waals surface area contributed by atoms with E-state index in [1.165, 1.54) is 12.7 Å². The maximum atomic E-state index is 12.0. The third kappa shape index (κ3) is 4.54. The van der Waals surface area contributed by atoms with E-state index in [0.717, 1.165) is 37.3 Å². The lowest BCUT2D eigenvalue weighted by atomic mass is 9.96. The SMILES string of the molecule is CCNC(=NCCCNC(=O)c1occc1C)NC1CC2CCC1O2. The van der Waals surface area contributed by atoms with Gasteiger partial charge in [0.1, 0.15) is 0 Å². The summed E-state index contributed by atoms with van der Waals surface area (Å²) in [6.07, 6.45) is 6.44. The first-order chi connectivity index (χ1) is 12.2. The van der Waals surface area contributed by atoms with E-state index in [4.69, 9.17) is 9.15 Å². The molecule has 2 bridgehead atoms. The molecule has 7 nitrogen and oxygen atoms in total. The first-order valence-corrected chi connectivity index (χ1v) is 9.20. The van der Waals surface area contributed by atoms with Gasteiger partial charge in [-0.05, 0) is 45.6 Å². The Kier molecular flexibility index (Phi) is 5.96. The van der Waals surface area contributed by atoms with Gasteiger partial charge in [0.2, 0.25) is 0 Å². The molecule has 25 heavy (non-hydrogen) atoms. The summed E-state index contributed by atoms with van der Waals surface area (Å²) in [5, 5.41) is 9.63. The summed E-state index contributed by atoms with van der Waals surface area (Å²) in [5.41, 5.74) is 0.849. The number of furan rings is 1. The van der Waals surface area contributed by atoms with Gasteiger partial charge >= 0.3 is 0 Å². The number of hydrogen-bond donors (Lipinski definition) is 3. The van der Waals surface area contributed by atoms with Crippen LogP contribution >= 0.6 is 0 Å². The normalized spacial score (nSPS) is 25.2. The van der Waals surface area contributed by atoms with E-state index in [9.17, 15) is 4.79 Å². The van der Waals surface area contributed by atoms with Gasteiger partial charge in [0.25, 0.3) is 5.91 Å². The predicted octanol–water partition coefficient (Wildman–Crippen LogP) is 1.58. The quantitative estimate of drug-likeness (QED) is 0.396. The van der Waals surface area contributed by atoms with E-state index < -0.39 is 0 Å². The Morgan fingerprint density at radius 2 is 2.24 bits per heavy atom. The van der Waals surface area contributed by atoms with E-state index in [0.29, 0.717) is 37.1 Å². The molecule has 2 fully saturated rings. The van der Waals surface area contributed by atoms with E-state index in [-0.39, 0.29) is 5.91 Å². The fraction of sp³-hybridized carbons (Fsp3) is 0.667. The zero-order valence-corrected chi connectivity index (χ0v) is 15.0. The van der Waals surface area contributed by atoms with Crippen LogP contribution in [0.5, 0.6) is 0 Å². The fourth-order valence-electron chi connectivity index (χ4n) is 3.44. The highest BCUT2D eigenvalue weighted by molar-refractivity contribution is 5.92. The zero-order chi connectivity index (χ0) is 17.6. The number of fused-ring (bicyclic) bond motifs is 2. The van der Waals surface area contributed by atoms with Gasteiger partial charge in [-0.25, -0.2) is 0 Å². The Morgan fingerprint density at radius 1 is 1.36 bits per heavy atom. The van der Waals surface area contributed by atoms with Crippen molar-refractivity contribution in [2.45, 2.75) is 57.8 Å². The number of nitrogens with zero attached hydrogens (tertiary/aromatic N) is 1. The molecule has 0 radical (unpaired) electrons. The summed E-state index contributed by atoms with van der Waals surface area (Å²) in [5.74, 6) is 1.04. The molecule has 2 saturated heterocycles. The molecule has 3 rings (SSSR count). The minimum absolute atomic E-state index is 0.171. The average molecular weight is 348 g/mol. The first kappa shape index (κ1) is 17.8. The van der Waals surface area contributed by atoms with Gasteiger partial charge in [0.15, 0.2) is 11.7 Å². The van der Waals surface area contributed by atoms with Crippen molar-refractivity contribution < 1.29 is 13.9 Å². The number of ether oxygens (including phenoxy) is 1. The van der Waals surface area contributed by atoms with E-state index in [1.807, 2.05) is 6.92 Å². The van der Waals surface area contributed by atoms with Crippen molar-refractivity contribution in [1.29, 1.82) is 0 Å². The lowest BCUT2D eigenvalue weighted by Gasteiger charge is -2.22. The van der Waals surface area contributed by atoms with Crippen LogP contribution in [0.3, 0.4) is 0 Å². The zero-order valence-electron chi connectivity index (χ0n) is 15.0. The molecule has 0 aliphatic carbocycles. The van der Waals surface area contributed by atoms with Crippen molar-refractivity contribution in [3.63, 3.8) is 0 Å². The number of nitrogens with one attached hydrogen (secondary N) is 3. The van der Waals surface area contributed by atoms with Crippen molar-refractivity contribution >= 4 is 11.9 Å². The van der Waals surface area contributed by atoms with Gasteiger partial charge in [0.05, 0.1) is 24.5 Å². The summed E-state index contributed by atoms with van der Waals surface area (Å²) < 4.78 is 11.1. The Labute approximate surface area is 148 Å². The van der Waals surface area contributed by atoms with Gasteiger partial charge in [-0.15, -0.1) is 0 Å². The molecule has 0 saturated carbocycles. The van der Waals surface area contributed by atoms with Crippen molar-refractivity contribution in [1.82, 2.24) is 16.0 Å². The third-order valence-electron chi connectivity index (χ3n) is 4.73. The number of carbonyl (C=O) groups is 1. The summed E-state index contributed by atoms with van der Waals surface area (Å²) in [6.45, 7) is 5.95. The topological polar surface area (TPSA) is 87.9 Å². The van der Waals surface area contributed by atoms with Gasteiger partial charge in [0, 0.05) is 25.2 Å². The minimum atomic E-state index is -0.171. The molecule has 1 aromatic heterocycles. The second-order valence-electron chi connectivity index (χ2n) is 6.66. The van der Waals surface area contributed by atoms with Gasteiger partial charge in [-0.1, -0.05) is 0 Å². The molecule has 0 aromatic carbocycles. The average Bonchev–Trinajstić information content (AvgIpc) is 3.31. The summed E-state index contributed by atoms with van der Waals surface area (Å²) >= 11 is 0. The molecule has 2 aliphatic heterocycles. The highest BCUT2D eigenvalue weighted by Gasteiger charge is 2.41. The molecule has 7 heteroatoms. The van der Waals surface area contributed by atoms with Crippen LogP contribution in [-0.4, -0.2) is 49.8 Å². The molecule has 3 unspecified atom stereocenters. The fourth-order valence-corrected chi connectivity index (χ4v) is 3.44. The lowest BCUT2D eigenvalue weighted by Crippen LogP contribution is -2.47. The molecule has 3 atom stereocenters. The number of hydrogen-bond acceptors (Lipinski definition) is 4. The Bertz CT molecular complexity index is 613. The molecule has 3 heterocycles. The Morgan fingerprint density at radius 3 is 2.88 bits per heavy atom. The summed E-state index contributed by atoms with van der Waals surface area (Å²) in [6, 6.07) is 2.14. The molecule has 1 amide bonds. The molecular formula is C18H28N4O3. The summed E-state index contributed by atoms with van der Waals surface area (Å²) in [4.78, 5) is 16.6. The maximum Gasteiger partial charge on any atom is 0.287 e. The lowest BCUT2D eigenvalue weighted by molar-refractivity contribution is 0.0924. The highest BCUT2D eigenvalue weighted by Crippen LogP contribution is 2.34. The van der Waals surface area contributed by atoms with E-state index in [2.05, 4.69) is 27.9 Å². The number of carbonyl (C=O) groups excluding carboxylic acids is 1. The number of aryl methyl sites for hydroxylation is 1. The number of rotatable bonds is 7. The van der Waals surface area contributed by atoms with Crippen LogP contribution in [0.15, 0.2) is 21.7 Å². The molecular weight excluding hydrogens is 320 g/mol. The number of guanidine groups is 1. The predicted molar refractivity (Wildman–Crippen MR) is 95.8 cm³/mol. The van der Waals surface area contributed by atoms with Crippen molar-refractivity contribution in [2.24, 2.45) is 4.99 Å². The van der Waals surface area contributed by atoms with Crippen molar-refractivity contribution in [2.75, 3.05) is 19.6 Å². The molecule has 1 aromatic rings. The number of amides is 1. The largest absolute Gasteiger partial charge is 0.459 e. The second kappa shape index (κ2) is 8.38. The monoisotopic (exact) mass is 348 g/mol. The van der Waals surface area contributed by atoms with Gasteiger partial charge < -0.3 is 25.1 Å². The van der Waals surface area contributed by atoms with Crippen LogP contribution in [0.4, 0.5) is 0 Å². The smallest absolute Gasteiger partial charge is 0.287 e. The first-order valence-electron chi connectivity index (χ1n) is 9.20. The van der Waals surface area contributed by atoms with Crippen LogP contribution in [-0.2, 0) is 4.74 Å². The highest BCUT2D eigenvalue weighted by atomic mass is 16.5. The van der Waals surface area contributed by atoms with Crippen molar-refractivity contribution in [3.05, 3.63) is 23.7 Å². The maximum absolute atomic E-state index is 12.0. The molecule has 138 valence electrons. The molecule has 3 N–H and O–H groups in total. The molecule has 2 aliphatic rings. The minimum Gasteiger partial charge on any atom is -0.459 e. The van der Waals surface area contributed by atoms with E-state index >= 15 is 0 Å². The van der Waals surface area contributed by atoms with Crippen LogP contribution in [0.2, 0.25) is 0 Å². The van der Waals surface area contributed by atoms with Crippen LogP contribution in [0.1, 0.15) is 48.7 Å². The van der Waals surface area contributed by atoms with Crippen LogP contribution < -0.4 is 16.0 Å². The number of aliphatic imine (C=N–C) groups is 1. The van der Waals surface area contributed by atoms with E-state index in [1.54, 1.807) is 6.07 Å². The van der Waals surface area contributed by atoms with Gasteiger partial charge in [-0.3, -0.25) is 9.79 Å². The summed E-state index contributed by atoms with van der Waals surface area (Å²) in [7, 11) is 0.